The van der Waals surface area contributed by atoms with Crippen molar-refractivity contribution in [2.24, 2.45) is 0 Å². The van der Waals surface area contributed by atoms with E-state index >= 15 is 0 Å². The first-order valence-electron chi connectivity index (χ1n) is 8.45. The molecule has 1 unspecified atom stereocenters. The molecule has 1 aliphatic rings. The second-order valence-corrected chi connectivity index (χ2v) is 6.45. The van der Waals surface area contributed by atoms with Crippen LogP contribution in [0, 0.1) is 6.92 Å². The molecule has 8 heteroatoms. The number of aryl methyl sites for hydroxylation is 1. The summed E-state index contributed by atoms with van der Waals surface area (Å²) in [5.41, 5.74) is 1.47. The minimum absolute atomic E-state index is 0.237. The molecular weight excluding hydrogens is 335 g/mol. The highest BCUT2D eigenvalue weighted by molar-refractivity contribution is 5.75. The Kier molecular flexibility index (Phi) is 5.02. The van der Waals surface area contributed by atoms with E-state index in [4.69, 9.17) is 9.47 Å². The molecule has 1 saturated heterocycles. The van der Waals surface area contributed by atoms with Gasteiger partial charge in [0.05, 0.1) is 11.7 Å². The van der Waals surface area contributed by atoms with Gasteiger partial charge in [-0.1, -0.05) is 0 Å². The number of nitrogens with zero attached hydrogens (tertiary/aromatic N) is 3. The minimum Gasteiger partial charge on any atom is -0.353 e. The molecule has 0 spiro atoms. The van der Waals surface area contributed by atoms with Gasteiger partial charge in [0.1, 0.15) is 23.5 Å². The molecule has 0 bridgehead atoms. The number of rotatable bonds is 4. The molecule has 0 saturated carbocycles. The Morgan fingerprint density at radius 3 is 2.72 bits per heavy atom. The number of aromatic nitrogens is 3. The van der Waals surface area contributed by atoms with Crippen LogP contribution in [0.15, 0.2) is 12.3 Å². The number of alkyl halides is 3. The van der Waals surface area contributed by atoms with Crippen LogP contribution in [0.1, 0.15) is 56.8 Å². The fourth-order valence-electron chi connectivity index (χ4n) is 3.07. The summed E-state index contributed by atoms with van der Waals surface area (Å²) in [5.74, 6) is 0.237. The average Bonchev–Trinajstić information content (AvgIpc) is 2.92. The highest BCUT2D eigenvalue weighted by Gasteiger charge is 2.40. The zero-order valence-electron chi connectivity index (χ0n) is 14.5. The molecule has 1 fully saturated rings. The van der Waals surface area contributed by atoms with Crippen molar-refractivity contribution >= 4 is 11.0 Å². The molecule has 3 atom stereocenters. The summed E-state index contributed by atoms with van der Waals surface area (Å²) in [6, 6.07) is -0.0922. The molecule has 3 heterocycles. The van der Waals surface area contributed by atoms with Crippen molar-refractivity contribution in [3.05, 3.63) is 23.8 Å². The number of halogens is 3. The first-order chi connectivity index (χ1) is 11.8. The van der Waals surface area contributed by atoms with Gasteiger partial charge in [-0.25, -0.2) is 4.98 Å². The van der Waals surface area contributed by atoms with Gasteiger partial charge in [-0.2, -0.15) is 13.2 Å². The maximum atomic E-state index is 13.4. The highest BCUT2D eigenvalue weighted by atomic mass is 19.4. The summed E-state index contributed by atoms with van der Waals surface area (Å²) < 4.78 is 52.8. The summed E-state index contributed by atoms with van der Waals surface area (Å²) in [7, 11) is 0. The third-order valence-electron chi connectivity index (χ3n) is 4.46. The number of ether oxygens (including phenoxy) is 2. The Bertz CT molecular complexity index is 739. The first kappa shape index (κ1) is 18.1. The number of imidazole rings is 1. The molecule has 0 aromatic carbocycles. The fraction of sp³-hybridized carbons (Fsp3) is 0.647. The van der Waals surface area contributed by atoms with Crippen molar-refractivity contribution in [2.45, 2.75) is 64.6 Å². The van der Waals surface area contributed by atoms with Crippen LogP contribution in [0.4, 0.5) is 13.2 Å². The van der Waals surface area contributed by atoms with Gasteiger partial charge < -0.3 is 14.0 Å². The normalized spacial score (nSPS) is 21.4. The third kappa shape index (κ3) is 3.79. The van der Waals surface area contributed by atoms with E-state index in [0.717, 1.165) is 26.2 Å². The lowest BCUT2D eigenvalue weighted by Crippen LogP contribution is -2.28. The second-order valence-electron chi connectivity index (χ2n) is 6.45. The molecular formula is C17H22F3N3O2. The Labute approximate surface area is 144 Å². The van der Waals surface area contributed by atoms with Gasteiger partial charge in [-0.3, -0.25) is 4.98 Å². The Morgan fingerprint density at radius 1 is 1.32 bits per heavy atom. The van der Waals surface area contributed by atoms with Gasteiger partial charge in [0.25, 0.3) is 0 Å². The summed E-state index contributed by atoms with van der Waals surface area (Å²) in [6.45, 7) is 5.18. The average molecular weight is 357 g/mol. The number of fused-ring (bicyclic) bond motifs is 1. The van der Waals surface area contributed by atoms with Gasteiger partial charge in [0.15, 0.2) is 6.29 Å². The maximum absolute atomic E-state index is 13.4. The Balaban J connectivity index is 2.00. The van der Waals surface area contributed by atoms with Crippen LogP contribution in [-0.2, 0) is 9.47 Å². The summed E-state index contributed by atoms with van der Waals surface area (Å²) in [5, 5.41) is 0. The number of hydrogen-bond acceptors (Lipinski definition) is 4. The number of pyridine rings is 1. The third-order valence-corrected chi connectivity index (χ3v) is 4.46. The van der Waals surface area contributed by atoms with E-state index in [9.17, 15) is 13.2 Å². The zero-order chi connectivity index (χ0) is 18.2. The van der Waals surface area contributed by atoms with Crippen LogP contribution in [0.2, 0.25) is 0 Å². The van der Waals surface area contributed by atoms with Gasteiger partial charge in [0, 0.05) is 12.3 Å². The summed E-state index contributed by atoms with van der Waals surface area (Å²) >= 11 is 0. The predicted octanol–water partition coefficient (Wildman–Crippen LogP) is 4.47. The van der Waals surface area contributed by atoms with Crippen molar-refractivity contribution in [1.29, 1.82) is 0 Å². The van der Waals surface area contributed by atoms with Crippen LogP contribution < -0.4 is 0 Å². The van der Waals surface area contributed by atoms with Crippen molar-refractivity contribution in [2.75, 3.05) is 6.61 Å². The molecule has 1 aliphatic heterocycles. The lowest BCUT2D eigenvalue weighted by molar-refractivity contribution is -0.190. The summed E-state index contributed by atoms with van der Waals surface area (Å²) in [4.78, 5) is 8.51. The standard InChI is InChI=1S/C17H22F3N3O2/c1-10-8-14-13(9-21-10)22-16(23(14)12(3)17(18,19)20)11(2)25-15-6-4-5-7-24-15/h8-9,11-12,15H,4-7H2,1-3H3/t11-,12+,15?/m0/s1. The van der Waals surface area contributed by atoms with Crippen molar-refractivity contribution < 1.29 is 22.6 Å². The first-order valence-corrected chi connectivity index (χ1v) is 8.45. The van der Waals surface area contributed by atoms with Crippen LogP contribution in [0.25, 0.3) is 11.0 Å². The molecule has 0 aliphatic carbocycles. The monoisotopic (exact) mass is 357 g/mol. The van der Waals surface area contributed by atoms with Crippen LogP contribution in [-0.4, -0.2) is 33.6 Å². The topological polar surface area (TPSA) is 49.2 Å². The zero-order valence-corrected chi connectivity index (χ0v) is 14.5. The molecule has 2 aromatic rings. The largest absolute Gasteiger partial charge is 0.408 e. The van der Waals surface area contributed by atoms with Crippen molar-refractivity contribution in [1.82, 2.24) is 14.5 Å². The quantitative estimate of drug-likeness (QED) is 0.810. The van der Waals surface area contributed by atoms with Crippen LogP contribution in [0.3, 0.4) is 0 Å². The lowest BCUT2D eigenvalue weighted by atomic mass is 10.2. The fourth-order valence-corrected chi connectivity index (χ4v) is 3.07. The highest BCUT2D eigenvalue weighted by Crippen LogP contribution is 2.36. The molecule has 0 radical (unpaired) electrons. The number of hydrogen-bond donors (Lipinski definition) is 0. The van der Waals surface area contributed by atoms with Gasteiger partial charge in [-0.15, -0.1) is 0 Å². The van der Waals surface area contributed by atoms with Gasteiger partial charge >= 0.3 is 6.18 Å². The van der Waals surface area contributed by atoms with E-state index in [-0.39, 0.29) is 5.82 Å². The van der Waals surface area contributed by atoms with Crippen molar-refractivity contribution in [3.8, 4) is 0 Å². The van der Waals surface area contributed by atoms with E-state index in [1.165, 1.54) is 10.8 Å². The molecule has 0 N–H and O–H groups in total. The lowest BCUT2D eigenvalue weighted by Gasteiger charge is -2.27. The van der Waals surface area contributed by atoms with E-state index in [0.29, 0.717) is 23.3 Å². The Morgan fingerprint density at radius 2 is 2.08 bits per heavy atom. The Hall–Kier alpha value is -1.67. The molecule has 5 nitrogen and oxygen atoms in total. The van der Waals surface area contributed by atoms with E-state index in [2.05, 4.69) is 9.97 Å². The smallest absolute Gasteiger partial charge is 0.353 e. The van der Waals surface area contributed by atoms with E-state index in [1.54, 1.807) is 19.9 Å². The van der Waals surface area contributed by atoms with Gasteiger partial charge in [0.2, 0.25) is 0 Å². The summed E-state index contributed by atoms with van der Waals surface area (Å²) in [6.07, 6.45) is -1.23. The van der Waals surface area contributed by atoms with Gasteiger partial charge in [-0.05, 0) is 46.1 Å². The second kappa shape index (κ2) is 6.92. The minimum atomic E-state index is -4.39. The molecule has 138 valence electrons. The molecule has 2 aromatic heterocycles. The van der Waals surface area contributed by atoms with Crippen LogP contribution in [0.5, 0.6) is 0 Å². The molecule has 3 rings (SSSR count). The predicted molar refractivity (Wildman–Crippen MR) is 86.1 cm³/mol. The van der Waals surface area contributed by atoms with E-state index in [1.807, 2.05) is 0 Å². The van der Waals surface area contributed by atoms with Crippen molar-refractivity contribution in [3.63, 3.8) is 0 Å². The maximum Gasteiger partial charge on any atom is 0.408 e. The SMILES string of the molecule is Cc1cc2c(cn1)nc([C@H](C)OC1CCCCO1)n2[C@H](C)C(F)(F)F. The molecule has 0 amide bonds. The molecule has 25 heavy (non-hydrogen) atoms. The van der Waals surface area contributed by atoms with E-state index < -0.39 is 24.6 Å². The van der Waals surface area contributed by atoms with Crippen LogP contribution >= 0.6 is 0 Å².